The zero-order chi connectivity index (χ0) is 25.0. The molecule has 178 valence electrons. The monoisotopic (exact) mass is 506 g/mol. The molecule has 0 aliphatic rings. The van der Waals surface area contributed by atoms with Gasteiger partial charge in [-0.3, -0.25) is 9.82 Å². The number of rotatable bonds is 9. The van der Waals surface area contributed by atoms with Crippen molar-refractivity contribution in [2.45, 2.75) is 21.9 Å². The minimum atomic E-state index is -3.97. The van der Waals surface area contributed by atoms with Crippen LogP contribution in [0.1, 0.15) is 16.7 Å². The molecule has 0 amide bonds. The molecular formula is C25H22N4O4S2. The second-order valence-corrected chi connectivity index (χ2v) is 10.1. The van der Waals surface area contributed by atoms with Gasteiger partial charge in [0.25, 0.3) is 10.0 Å². The first kappa shape index (κ1) is 24.1. The number of sulfonamides is 1. The highest BCUT2D eigenvalue weighted by Gasteiger charge is 2.21. The highest BCUT2D eigenvalue weighted by molar-refractivity contribution is 7.99. The number of aromatic amines is 1. The summed E-state index contributed by atoms with van der Waals surface area (Å²) in [5.41, 5.74) is 2.07. The number of ether oxygens (including phenoxy) is 1. The van der Waals surface area contributed by atoms with Crippen LogP contribution in [0.2, 0.25) is 0 Å². The molecule has 1 heterocycles. The van der Waals surface area contributed by atoms with Crippen molar-refractivity contribution in [2.75, 3.05) is 4.72 Å². The predicted molar refractivity (Wildman–Crippen MR) is 137 cm³/mol. The van der Waals surface area contributed by atoms with E-state index >= 15 is 0 Å². The third-order valence-electron chi connectivity index (χ3n) is 4.99. The fourth-order valence-corrected chi connectivity index (χ4v) is 5.11. The second kappa shape index (κ2) is 10.1. The largest absolute Gasteiger partial charge is 0.506 e. The number of H-pyrrole nitrogens is 1. The molecule has 1 aromatic heterocycles. The quantitative estimate of drug-likeness (QED) is 0.244. The summed E-state index contributed by atoms with van der Waals surface area (Å²) in [5, 5.41) is 17.6. The lowest BCUT2D eigenvalue weighted by molar-refractivity contribution is 0.461. The molecule has 35 heavy (non-hydrogen) atoms. The smallest absolute Gasteiger partial charge is 0.261 e. The lowest BCUT2D eigenvalue weighted by atomic mass is 10.0. The molecule has 0 spiro atoms. The van der Waals surface area contributed by atoms with Gasteiger partial charge in [0, 0.05) is 11.1 Å². The lowest BCUT2D eigenvalue weighted by Crippen LogP contribution is -2.14. The Hall–Kier alpha value is -4.02. The second-order valence-electron chi connectivity index (χ2n) is 7.39. The van der Waals surface area contributed by atoms with Crippen LogP contribution in [0, 0.1) is 6.92 Å². The van der Waals surface area contributed by atoms with Crippen molar-refractivity contribution >= 4 is 39.6 Å². The number of aromatic nitrogens is 3. The molecule has 0 saturated heterocycles. The first-order chi connectivity index (χ1) is 16.8. The molecule has 0 unspecified atom stereocenters. The van der Waals surface area contributed by atoms with Gasteiger partial charge >= 0.3 is 0 Å². The molecule has 4 aromatic rings. The van der Waals surface area contributed by atoms with Crippen LogP contribution < -0.4 is 9.46 Å². The zero-order valence-corrected chi connectivity index (χ0v) is 20.4. The van der Waals surface area contributed by atoms with Crippen molar-refractivity contribution < 1.29 is 18.3 Å². The van der Waals surface area contributed by atoms with E-state index in [1.807, 2.05) is 31.2 Å². The average molecular weight is 507 g/mol. The Balaban J connectivity index is 1.63. The third-order valence-corrected chi connectivity index (χ3v) is 7.29. The van der Waals surface area contributed by atoms with Crippen LogP contribution in [0.4, 0.5) is 5.69 Å². The maximum absolute atomic E-state index is 13.2. The number of aryl methyl sites for hydroxylation is 1. The van der Waals surface area contributed by atoms with Crippen LogP contribution >= 0.6 is 11.8 Å². The van der Waals surface area contributed by atoms with E-state index in [9.17, 15) is 13.5 Å². The number of nitrogens with zero attached hydrogens (tertiary/aromatic N) is 2. The van der Waals surface area contributed by atoms with E-state index in [2.05, 4.69) is 33.1 Å². The van der Waals surface area contributed by atoms with E-state index in [1.54, 1.807) is 12.1 Å². The van der Waals surface area contributed by atoms with E-state index in [1.165, 1.54) is 36.7 Å². The molecule has 3 aromatic carbocycles. The van der Waals surface area contributed by atoms with Gasteiger partial charge in [0.05, 0.1) is 15.5 Å². The van der Waals surface area contributed by atoms with Crippen LogP contribution in [0.25, 0.3) is 12.2 Å². The van der Waals surface area contributed by atoms with Crippen molar-refractivity contribution in [2.24, 2.45) is 0 Å². The number of phenols is 1. The van der Waals surface area contributed by atoms with Gasteiger partial charge < -0.3 is 9.84 Å². The molecular weight excluding hydrogens is 484 g/mol. The predicted octanol–water partition coefficient (Wildman–Crippen LogP) is 5.85. The standard InChI is InChI=1S/C25H22N4O4S2/c1-4-20-21(5-2)24(30)23(34-25-26-15-27-28-25)14-22(20)29-35(31,32)19-12-10-18(11-13-19)33-17-8-6-16(3)7-9-17/h4-15,29-30H,1-2H2,3H3,(H,26,27,28). The van der Waals surface area contributed by atoms with Crippen molar-refractivity contribution in [3.63, 3.8) is 0 Å². The maximum atomic E-state index is 13.2. The van der Waals surface area contributed by atoms with Gasteiger partial charge in [0.2, 0.25) is 0 Å². The molecule has 0 aliphatic carbocycles. The van der Waals surface area contributed by atoms with Gasteiger partial charge in [0.1, 0.15) is 23.6 Å². The number of benzene rings is 3. The van der Waals surface area contributed by atoms with Gasteiger partial charge in [-0.25, -0.2) is 13.4 Å². The fraction of sp³-hybridized carbons (Fsp3) is 0.0400. The highest BCUT2D eigenvalue weighted by Crippen LogP contribution is 2.41. The van der Waals surface area contributed by atoms with Crippen molar-refractivity contribution in [1.82, 2.24) is 15.2 Å². The molecule has 8 nitrogen and oxygen atoms in total. The summed E-state index contributed by atoms with van der Waals surface area (Å²) < 4.78 is 34.7. The Morgan fingerprint density at radius 2 is 1.66 bits per heavy atom. The normalized spacial score (nSPS) is 11.1. The third kappa shape index (κ3) is 5.39. The lowest BCUT2D eigenvalue weighted by Gasteiger charge is -2.17. The van der Waals surface area contributed by atoms with Crippen LogP contribution in [-0.4, -0.2) is 28.7 Å². The van der Waals surface area contributed by atoms with Crippen molar-refractivity contribution in [3.8, 4) is 17.2 Å². The molecule has 4 rings (SSSR count). The minimum absolute atomic E-state index is 0.0430. The first-order valence-electron chi connectivity index (χ1n) is 10.4. The van der Waals surface area contributed by atoms with E-state index in [0.717, 1.165) is 17.3 Å². The van der Waals surface area contributed by atoms with Crippen LogP contribution in [0.3, 0.4) is 0 Å². The number of anilines is 1. The minimum Gasteiger partial charge on any atom is -0.506 e. The molecule has 3 N–H and O–H groups in total. The highest BCUT2D eigenvalue weighted by atomic mass is 32.2. The Labute approximate surface area is 207 Å². The fourth-order valence-electron chi connectivity index (χ4n) is 3.25. The maximum Gasteiger partial charge on any atom is 0.261 e. The Morgan fingerprint density at radius 3 is 2.23 bits per heavy atom. The van der Waals surface area contributed by atoms with Crippen LogP contribution in [0.5, 0.6) is 17.2 Å². The van der Waals surface area contributed by atoms with Gasteiger partial charge in [-0.05, 0) is 61.2 Å². The molecule has 0 atom stereocenters. The number of hydrogen-bond acceptors (Lipinski definition) is 7. The van der Waals surface area contributed by atoms with Crippen LogP contribution in [-0.2, 0) is 10.0 Å². The van der Waals surface area contributed by atoms with Crippen molar-refractivity contribution in [1.29, 1.82) is 0 Å². The molecule has 0 saturated carbocycles. The summed E-state index contributed by atoms with van der Waals surface area (Å²) in [4.78, 5) is 4.44. The topological polar surface area (TPSA) is 117 Å². The summed E-state index contributed by atoms with van der Waals surface area (Å²) in [6, 6.07) is 15.1. The Morgan fingerprint density at radius 1 is 1.03 bits per heavy atom. The summed E-state index contributed by atoms with van der Waals surface area (Å²) in [5.74, 6) is 1.08. The molecule has 0 fully saturated rings. The summed E-state index contributed by atoms with van der Waals surface area (Å²) in [6.07, 6.45) is 4.23. The van der Waals surface area contributed by atoms with E-state index < -0.39 is 10.0 Å². The Kier molecular flexibility index (Phi) is 6.94. The van der Waals surface area contributed by atoms with Gasteiger partial charge in [0.15, 0.2) is 5.16 Å². The van der Waals surface area contributed by atoms with E-state index in [0.29, 0.717) is 32.7 Å². The van der Waals surface area contributed by atoms with Gasteiger partial charge in [-0.15, -0.1) is 0 Å². The average Bonchev–Trinajstić information content (AvgIpc) is 3.35. The number of phenolic OH excluding ortho intramolecular Hbond substituents is 1. The first-order valence-corrected chi connectivity index (χ1v) is 12.7. The molecule has 0 radical (unpaired) electrons. The molecule has 0 bridgehead atoms. The Bertz CT molecular complexity index is 1470. The van der Waals surface area contributed by atoms with Gasteiger partial charge in [-0.1, -0.05) is 43.0 Å². The molecule has 0 aliphatic heterocycles. The number of hydrogen-bond donors (Lipinski definition) is 3. The number of aromatic hydroxyl groups is 1. The summed E-state index contributed by atoms with van der Waals surface area (Å²) in [6.45, 7) is 9.48. The van der Waals surface area contributed by atoms with Gasteiger partial charge in [-0.2, -0.15) is 5.10 Å². The van der Waals surface area contributed by atoms with E-state index in [-0.39, 0.29) is 16.3 Å². The van der Waals surface area contributed by atoms with Crippen LogP contribution in [0.15, 0.2) is 89.0 Å². The molecule has 10 heteroatoms. The summed E-state index contributed by atoms with van der Waals surface area (Å²) in [7, 11) is -3.97. The van der Waals surface area contributed by atoms with Crippen molar-refractivity contribution in [3.05, 3.63) is 90.8 Å². The zero-order valence-electron chi connectivity index (χ0n) is 18.7. The SMILES string of the molecule is C=Cc1c(NS(=O)(=O)c2ccc(Oc3ccc(C)cc3)cc2)cc(Sc2ncn[nH]2)c(O)c1C=C. The van der Waals surface area contributed by atoms with E-state index in [4.69, 9.17) is 4.74 Å². The summed E-state index contributed by atoms with van der Waals surface area (Å²) >= 11 is 1.10. The number of nitrogens with one attached hydrogen (secondary N) is 2.